The first kappa shape index (κ1) is 13.9. The minimum atomic E-state index is -0.983. The van der Waals surface area contributed by atoms with Crippen molar-refractivity contribution in [3.8, 4) is 0 Å². The van der Waals surface area contributed by atoms with Gasteiger partial charge in [0.1, 0.15) is 11.6 Å². The van der Waals surface area contributed by atoms with Crippen LogP contribution in [0.2, 0.25) is 0 Å². The normalized spacial score (nSPS) is 10.3. The summed E-state index contributed by atoms with van der Waals surface area (Å²) in [6.45, 7) is -0.00749. The Morgan fingerprint density at radius 1 is 1.10 bits per heavy atom. The van der Waals surface area contributed by atoms with Gasteiger partial charge in [-0.05, 0) is 29.8 Å². The number of hydrogen-bond donors (Lipinski definition) is 2. The molecule has 3 N–H and O–H groups in total. The zero-order valence-electron chi connectivity index (χ0n) is 10.3. The number of benzene rings is 2. The number of carbonyl (C=O) groups excluding carboxylic acids is 1. The highest BCUT2D eigenvalue weighted by Gasteiger charge is 2.15. The molecule has 0 spiro atoms. The van der Waals surface area contributed by atoms with Gasteiger partial charge in [0, 0.05) is 6.54 Å². The number of amides is 1. The van der Waals surface area contributed by atoms with Gasteiger partial charge in [-0.25, -0.2) is 13.2 Å². The van der Waals surface area contributed by atoms with Crippen molar-refractivity contribution < 1.29 is 18.0 Å². The highest BCUT2D eigenvalue weighted by molar-refractivity contribution is 5.95. The zero-order chi connectivity index (χ0) is 14.7. The highest BCUT2D eigenvalue weighted by Crippen LogP contribution is 2.17. The molecule has 0 unspecified atom stereocenters. The van der Waals surface area contributed by atoms with E-state index in [1.807, 2.05) is 0 Å². The van der Waals surface area contributed by atoms with Gasteiger partial charge in [0.25, 0.3) is 5.91 Å². The van der Waals surface area contributed by atoms with Gasteiger partial charge in [0.05, 0.1) is 11.3 Å². The fourth-order valence-corrected chi connectivity index (χ4v) is 1.70. The molecule has 0 bridgehead atoms. The molecule has 20 heavy (non-hydrogen) atoms. The van der Waals surface area contributed by atoms with Crippen LogP contribution in [0.15, 0.2) is 36.4 Å². The molecule has 0 aliphatic rings. The van der Waals surface area contributed by atoms with Gasteiger partial charge in [-0.15, -0.1) is 0 Å². The molecule has 104 valence electrons. The van der Waals surface area contributed by atoms with Gasteiger partial charge < -0.3 is 11.1 Å². The molecule has 0 aromatic heterocycles. The minimum Gasteiger partial charge on any atom is -0.396 e. The van der Waals surface area contributed by atoms with Crippen LogP contribution in [0, 0.1) is 17.5 Å². The van der Waals surface area contributed by atoms with E-state index in [0.29, 0.717) is 5.56 Å². The van der Waals surface area contributed by atoms with Crippen molar-refractivity contribution in [2.24, 2.45) is 0 Å². The second kappa shape index (κ2) is 5.64. The lowest BCUT2D eigenvalue weighted by Crippen LogP contribution is -2.24. The summed E-state index contributed by atoms with van der Waals surface area (Å²) in [5.74, 6) is -3.06. The van der Waals surface area contributed by atoms with Crippen molar-refractivity contribution in [1.29, 1.82) is 0 Å². The van der Waals surface area contributed by atoms with Crippen LogP contribution in [-0.4, -0.2) is 5.91 Å². The fourth-order valence-electron chi connectivity index (χ4n) is 1.70. The summed E-state index contributed by atoms with van der Waals surface area (Å²) in [6.07, 6.45) is 0. The third kappa shape index (κ3) is 3.09. The lowest BCUT2D eigenvalue weighted by atomic mass is 10.1. The van der Waals surface area contributed by atoms with Crippen molar-refractivity contribution in [2.45, 2.75) is 6.54 Å². The van der Waals surface area contributed by atoms with Crippen LogP contribution in [0.3, 0.4) is 0 Å². The molecule has 6 heteroatoms. The van der Waals surface area contributed by atoms with E-state index in [0.717, 1.165) is 12.1 Å². The van der Waals surface area contributed by atoms with Gasteiger partial charge >= 0.3 is 0 Å². The van der Waals surface area contributed by atoms with Gasteiger partial charge in [-0.2, -0.15) is 0 Å². The van der Waals surface area contributed by atoms with Gasteiger partial charge in [-0.1, -0.05) is 12.1 Å². The second-order valence-corrected chi connectivity index (χ2v) is 4.17. The molecule has 0 radical (unpaired) electrons. The summed E-state index contributed by atoms with van der Waals surface area (Å²) >= 11 is 0. The molecule has 2 rings (SSSR count). The minimum absolute atomic E-state index is 0.00749. The third-order valence-corrected chi connectivity index (χ3v) is 2.65. The average Bonchev–Trinajstić information content (AvgIpc) is 2.40. The molecule has 0 aliphatic heterocycles. The molecule has 2 aromatic carbocycles. The van der Waals surface area contributed by atoms with E-state index in [4.69, 9.17) is 5.73 Å². The Hall–Kier alpha value is -2.50. The number of nitrogen functional groups attached to an aromatic ring is 1. The molecular weight excluding hydrogens is 269 g/mol. The predicted octanol–water partition coefficient (Wildman–Crippen LogP) is 2.62. The predicted molar refractivity (Wildman–Crippen MR) is 68.3 cm³/mol. The van der Waals surface area contributed by atoms with Gasteiger partial charge in [0.2, 0.25) is 0 Å². The first-order valence-corrected chi connectivity index (χ1v) is 5.74. The molecule has 0 atom stereocenters. The molecule has 0 heterocycles. The Morgan fingerprint density at radius 2 is 1.85 bits per heavy atom. The van der Waals surface area contributed by atoms with Crippen LogP contribution < -0.4 is 11.1 Å². The molecule has 0 aliphatic carbocycles. The molecule has 0 fully saturated rings. The first-order valence-electron chi connectivity index (χ1n) is 5.74. The topological polar surface area (TPSA) is 55.1 Å². The second-order valence-electron chi connectivity index (χ2n) is 4.17. The van der Waals surface area contributed by atoms with E-state index in [1.54, 1.807) is 6.07 Å². The lowest BCUT2D eigenvalue weighted by Gasteiger charge is -2.08. The number of nitrogens with one attached hydrogen (secondary N) is 1. The van der Waals surface area contributed by atoms with E-state index in [1.165, 1.54) is 18.2 Å². The molecule has 2 aromatic rings. The maximum atomic E-state index is 13.6. The fraction of sp³-hybridized carbons (Fsp3) is 0.0714. The van der Waals surface area contributed by atoms with Gasteiger partial charge in [-0.3, -0.25) is 4.79 Å². The summed E-state index contributed by atoms with van der Waals surface area (Å²) in [4.78, 5) is 11.8. The SMILES string of the molecule is Nc1cc(F)cc(C(=O)NCc2cccc(F)c2)c1F. The molecule has 0 saturated heterocycles. The van der Waals surface area contributed by atoms with Crippen molar-refractivity contribution in [2.75, 3.05) is 5.73 Å². The lowest BCUT2D eigenvalue weighted by molar-refractivity contribution is 0.0946. The van der Waals surface area contributed by atoms with Gasteiger partial charge in [0.15, 0.2) is 5.82 Å². The summed E-state index contributed by atoms with van der Waals surface area (Å²) in [5.41, 5.74) is 4.81. The average molecular weight is 280 g/mol. The molecular formula is C14H11F3N2O. The number of hydrogen-bond acceptors (Lipinski definition) is 2. The first-order chi connectivity index (χ1) is 9.47. The quantitative estimate of drug-likeness (QED) is 0.849. The number of anilines is 1. The van der Waals surface area contributed by atoms with Crippen molar-refractivity contribution in [3.05, 3.63) is 65.0 Å². The Kier molecular flexibility index (Phi) is 3.93. The van der Waals surface area contributed by atoms with Crippen molar-refractivity contribution >= 4 is 11.6 Å². The summed E-state index contributed by atoms with van der Waals surface area (Å²) < 4.78 is 39.7. The standard InChI is InChI=1S/C14H11F3N2O/c15-9-3-1-2-8(4-9)7-19-14(20)11-5-10(16)6-12(18)13(11)17/h1-6H,7,18H2,(H,19,20). The van der Waals surface area contributed by atoms with Crippen LogP contribution in [0.5, 0.6) is 0 Å². The maximum Gasteiger partial charge on any atom is 0.254 e. The highest BCUT2D eigenvalue weighted by atomic mass is 19.1. The molecule has 3 nitrogen and oxygen atoms in total. The number of rotatable bonds is 3. The van der Waals surface area contributed by atoms with Crippen LogP contribution >= 0.6 is 0 Å². The van der Waals surface area contributed by atoms with E-state index in [9.17, 15) is 18.0 Å². The monoisotopic (exact) mass is 280 g/mol. The molecule has 1 amide bonds. The van der Waals surface area contributed by atoms with E-state index < -0.39 is 34.6 Å². The Morgan fingerprint density at radius 3 is 2.55 bits per heavy atom. The number of halogens is 3. The number of nitrogens with two attached hydrogens (primary N) is 1. The van der Waals surface area contributed by atoms with Crippen LogP contribution in [0.25, 0.3) is 0 Å². The summed E-state index contributed by atoms with van der Waals surface area (Å²) in [7, 11) is 0. The van der Waals surface area contributed by atoms with Crippen LogP contribution in [-0.2, 0) is 6.54 Å². The van der Waals surface area contributed by atoms with Crippen LogP contribution in [0.4, 0.5) is 18.9 Å². The van der Waals surface area contributed by atoms with E-state index in [2.05, 4.69) is 5.32 Å². The van der Waals surface area contributed by atoms with E-state index in [-0.39, 0.29) is 6.54 Å². The number of carbonyl (C=O) groups is 1. The zero-order valence-corrected chi connectivity index (χ0v) is 10.3. The molecule has 0 saturated carbocycles. The largest absolute Gasteiger partial charge is 0.396 e. The van der Waals surface area contributed by atoms with Crippen LogP contribution in [0.1, 0.15) is 15.9 Å². The maximum absolute atomic E-state index is 13.6. The third-order valence-electron chi connectivity index (χ3n) is 2.65. The smallest absolute Gasteiger partial charge is 0.254 e. The Labute approximate surface area is 113 Å². The Balaban J connectivity index is 2.13. The summed E-state index contributed by atoms with van der Waals surface area (Å²) in [5, 5.41) is 2.37. The summed E-state index contributed by atoms with van der Waals surface area (Å²) in [6, 6.07) is 7.12. The van der Waals surface area contributed by atoms with Crippen molar-refractivity contribution in [3.63, 3.8) is 0 Å². The Bertz CT molecular complexity index is 659. The van der Waals surface area contributed by atoms with Crippen molar-refractivity contribution in [1.82, 2.24) is 5.32 Å². The van der Waals surface area contributed by atoms with E-state index >= 15 is 0 Å².